The molecule has 1 saturated heterocycles. The van der Waals surface area contributed by atoms with Gasteiger partial charge in [0, 0.05) is 23.1 Å². The van der Waals surface area contributed by atoms with Crippen LogP contribution in [0.4, 0.5) is 0 Å². The molecule has 35 heavy (non-hydrogen) atoms. The summed E-state index contributed by atoms with van der Waals surface area (Å²) in [6, 6.07) is 2.96. The van der Waals surface area contributed by atoms with E-state index in [-0.39, 0.29) is 24.4 Å². The molecule has 0 aliphatic carbocycles. The van der Waals surface area contributed by atoms with Crippen LogP contribution in [-0.4, -0.2) is 57.7 Å². The van der Waals surface area contributed by atoms with E-state index in [0.29, 0.717) is 11.3 Å². The Morgan fingerprint density at radius 3 is 2.31 bits per heavy atom. The van der Waals surface area contributed by atoms with E-state index in [2.05, 4.69) is 5.32 Å². The Balaban J connectivity index is 1.94. The number of thiophene rings is 1. The molecule has 0 bridgehead atoms. The second-order valence-electron chi connectivity index (χ2n) is 10.3. The summed E-state index contributed by atoms with van der Waals surface area (Å²) in [5.41, 5.74) is -1.14. The summed E-state index contributed by atoms with van der Waals surface area (Å²) in [7, 11) is -4.07. The Labute approximate surface area is 214 Å². The highest BCUT2D eigenvalue weighted by molar-refractivity contribution is 8.00. The third-order valence-corrected chi connectivity index (χ3v) is 9.59. The fourth-order valence-electron chi connectivity index (χ4n) is 3.66. The fraction of sp³-hybridized carbons (Fsp3) is 0.609. The lowest BCUT2D eigenvalue weighted by Gasteiger charge is -2.52. The fourth-order valence-corrected chi connectivity index (χ4v) is 8.54. The number of ether oxygens (including phenoxy) is 1. The minimum atomic E-state index is -4.07. The van der Waals surface area contributed by atoms with Crippen molar-refractivity contribution in [3.8, 4) is 0 Å². The molecule has 2 aliphatic heterocycles. The molecule has 1 fully saturated rings. The molecule has 3 heterocycles. The number of hydrogen-bond acceptors (Lipinski definition) is 9. The van der Waals surface area contributed by atoms with Crippen LogP contribution in [0, 0.1) is 0 Å². The monoisotopic (exact) mass is 544 g/mol. The molecular weight excluding hydrogens is 511 g/mol. The molecule has 1 N–H and O–H groups in total. The molecule has 0 radical (unpaired) electrons. The summed E-state index contributed by atoms with van der Waals surface area (Å²) in [6.45, 7) is 11.6. The van der Waals surface area contributed by atoms with Gasteiger partial charge < -0.3 is 10.1 Å². The van der Waals surface area contributed by atoms with Gasteiger partial charge in [-0.2, -0.15) is 0 Å². The summed E-state index contributed by atoms with van der Waals surface area (Å²) in [4.78, 5) is 39.7. The van der Waals surface area contributed by atoms with Crippen LogP contribution < -0.4 is 5.32 Å². The third-order valence-electron chi connectivity index (χ3n) is 4.74. The number of rotatable bonds is 8. The molecule has 2 atom stereocenters. The lowest BCUT2D eigenvalue weighted by atomic mass is 10.1. The first-order valence-electron chi connectivity index (χ1n) is 11.2. The molecule has 0 aromatic carbocycles. The number of esters is 1. The van der Waals surface area contributed by atoms with Crippen molar-refractivity contribution in [3.05, 3.63) is 33.4 Å². The van der Waals surface area contributed by atoms with Crippen LogP contribution in [0.3, 0.4) is 0 Å². The summed E-state index contributed by atoms with van der Waals surface area (Å²) < 4.78 is 31.6. The summed E-state index contributed by atoms with van der Waals surface area (Å²) in [5, 5.41) is 4.22. The average Bonchev–Trinajstić information content (AvgIpc) is 3.19. The second kappa shape index (κ2) is 10.4. The first kappa shape index (κ1) is 27.9. The van der Waals surface area contributed by atoms with Gasteiger partial charge in [-0.15, -0.1) is 23.1 Å². The number of carbonyl (C=O) groups excluding carboxylic acids is 3. The molecule has 12 heteroatoms. The second-order valence-corrected chi connectivity index (χ2v) is 14.2. The molecule has 2 amide bonds. The molecule has 0 spiro atoms. The lowest BCUT2D eigenvalue weighted by Crippen LogP contribution is -2.70. The topological polar surface area (TPSA) is 111 Å². The van der Waals surface area contributed by atoms with Crippen molar-refractivity contribution in [2.75, 3.05) is 12.4 Å². The van der Waals surface area contributed by atoms with Crippen molar-refractivity contribution < 1.29 is 32.7 Å². The van der Waals surface area contributed by atoms with Crippen molar-refractivity contribution in [1.82, 2.24) is 10.2 Å². The largest absolute Gasteiger partial charge is 0.461 e. The third kappa shape index (κ3) is 6.98. The number of β-lactam (4-membered cyclic amide) rings is 1. The van der Waals surface area contributed by atoms with Crippen LogP contribution in [-0.2, 0) is 39.2 Å². The summed E-state index contributed by atoms with van der Waals surface area (Å²) >= 11 is 2.87. The number of carbonyl (C=O) groups is 3. The standard InChI is InChI=1S/C23H33N2O7PS2/c1-14(26)30-12-15-13-35-21-18(24-17(27)11-16-9-8-10-34-16)19(28)25(21)20(15)33(29,31-22(2,3)4)32-23(5,6)7/h8-10,18,21H,11-13H2,1-7H3,(H,24,27)/t18-,21+/m1/s1. The van der Waals surface area contributed by atoms with E-state index >= 15 is 0 Å². The van der Waals surface area contributed by atoms with Gasteiger partial charge in [-0.1, -0.05) is 6.07 Å². The first-order valence-corrected chi connectivity index (χ1v) is 14.7. The molecule has 194 valence electrons. The number of hydrogen-bond donors (Lipinski definition) is 1. The maximum absolute atomic E-state index is 14.4. The van der Waals surface area contributed by atoms with Gasteiger partial charge >= 0.3 is 13.6 Å². The van der Waals surface area contributed by atoms with Crippen molar-refractivity contribution in [2.24, 2.45) is 0 Å². The Kier molecular flexibility index (Phi) is 8.28. The van der Waals surface area contributed by atoms with Crippen LogP contribution in [0.2, 0.25) is 0 Å². The average molecular weight is 545 g/mol. The van der Waals surface area contributed by atoms with Crippen LogP contribution in [0.1, 0.15) is 53.3 Å². The van der Waals surface area contributed by atoms with Crippen molar-refractivity contribution in [1.29, 1.82) is 0 Å². The highest BCUT2D eigenvalue weighted by Gasteiger charge is 2.58. The van der Waals surface area contributed by atoms with E-state index < -0.39 is 42.1 Å². The van der Waals surface area contributed by atoms with Gasteiger partial charge in [-0.05, 0) is 53.0 Å². The SMILES string of the molecule is CC(=O)OCC1=C(P(=O)(OC(C)(C)C)OC(C)(C)C)N2C(=O)[C@@H](NC(=O)Cc3cccs3)[C@@H]2SC1. The maximum Gasteiger partial charge on any atom is 0.378 e. The van der Waals surface area contributed by atoms with Crippen LogP contribution in [0.5, 0.6) is 0 Å². The normalized spacial score (nSPS) is 20.9. The molecule has 0 saturated carbocycles. The predicted molar refractivity (Wildman–Crippen MR) is 136 cm³/mol. The van der Waals surface area contributed by atoms with Crippen LogP contribution in [0.15, 0.2) is 28.5 Å². The van der Waals surface area contributed by atoms with Crippen LogP contribution >= 0.6 is 30.7 Å². The van der Waals surface area contributed by atoms with Crippen LogP contribution in [0.25, 0.3) is 0 Å². The smallest absolute Gasteiger partial charge is 0.378 e. The number of nitrogens with one attached hydrogen (secondary N) is 1. The van der Waals surface area contributed by atoms with Crippen molar-refractivity contribution in [2.45, 2.75) is 77.5 Å². The predicted octanol–water partition coefficient (Wildman–Crippen LogP) is 4.29. The van der Waals surface area contributed by atoms with E-state index in [9.17, 15) is 18.9 Å². The Hall–Kier alpha value is -1.65. The molecule has 0 unspecified atom stereocenters. The van der Waals surface area contributed by atoms with E-state index in [1.165, 1.54) is 34.9 Å². The minimum absolute atomic E-state index is 0.0982. The van der Waals surface area contributed by atoms with E-state index in [1.807, 2.05) is 17.5 Å². The Morgan fingerprint density at radius 1 is 1.17 bits per heavy atom. The van der Waals surface area contributed by atoms with E-state index in [0.717, 1.165) is 4.88 Å². The van der Waals surface area contributed by atoms with Gasteiger partial charge in [0.15, 0.2) is 0 Å². The molecule has 1 aromatic rings. The highest BCUT2D eigenvalue weighted by atomic mass is 32.2. The zero-order chi connectivity index (χ0) is 26.2. The number of amides is 2. The minimum Gasteiger partial charge on any atom is -0.461 e. The van der Waals surface area contributed by atoms with Gasteiger partial charge in [0.2, 0.25) is 5.91 Å². The Morgan fingerprint density at radius 2 is 1.80 bits per heavy atom. The number of nitrogens with zero attached hydrogens (tertiary/aromatic N) is 1. The van der Waals surface area contributed by atoms with E-state index in [4.69, 9.17) is 13.8 Å². The highest BCUT2D eigenvalue weighted by Crippen LogP contribution is 2.66. The van der Waals surface area contributed by atoms with E-state index in [1.54, 1.807) is 41.5 Å². The van der Waals surface area contributed by atoms with Crippen molar-refractivity contribution in [3.63, 3.8) is 0 Å². The maximum atomic E-state index is 14.4. The zero-order valence-corrected chi connectivity index (χ0v) is 23.6. The molecular formula is C23H33N2O7PS2. The van der Waals surface area contributed by atoms with Gasteiger partial charge in [-0.25, -0.2) is 0 Å². The first-order chi connectivity index (χ1) is 16.1. The quantitative estimate of drug-likeness (QED) is 0.293. The number of thioether (sulfide) groups is 1. The van der Waals surface area contributed by atoms with Gasteiger partial charge in [-0.3, -0.25) is 32.9 Å². The molecule has 2 aliphatic rings. The van der Waals surface area contributed by atoms with Gasteiger partial charge in [0.25, 0.3) is 5.91 Å². The molecule has 3 rings (SSSR count). The summed E-state index contributed by atoms with van der Waals surface area (Å²) in [6.07, 6.45) is 0.179. The van der Waals surface area contributed by atoms with Gasteiger partial charge in [0.05, 0.1) is 17.6 Å². The zero-order valence-electron chi connectivity index (χ0n) is 21.1. The lowest BCUT2D eigenvalue weighted by molar-refractivity contribution is -0.145. The van der Waals surface area contributed by atoms with Crippen molar-refractivity contribution >= 4 is 48.5 Å². The number of fused-ring (bicyclic) bond motifs is 1. The molecule has 9 nitrogen and oxygen atoms in total. The Bertz CT molecular complexity index is 1040. The molecule has 1 aromatic heterocycles. The summed E-state index contributed by atoms with van der Waals surface area (Å²) in [5.74, 6) is -0.838. The van der Waals surface area contributed by atoms with Gasteiger partial charge in [0.1, 0.15) is 23.5 Å².